The molecule has 1 atom stereocenters. The van der Waals surface area contributed by atoms with Crippen LogP contribution in [0.1, 0.15) is 22.9 Å². The van der Waals surface area contributed by atoms with Crippen LogP contribution in [0.3, 0.4) is 0 Å². The Kier molecular flexibility index (Phi) is 3.32. The molecule has 0 aliphatic rings. The van der Waals surface area contributed by atoms with E-state index in [4.69, 9.17) is 5.73 Å². The van der Waals surface area contributed by atoms with Crippen LogP contribution in [0.5, 0.6) is 0 Å². The number of aryl methyl sites for hydroxylation is 1. The number of aromatic nitrogens is 1. The molecule has 0 fully saturated rings. The van der Waals surface area contributed by atoms with E-state index in [1.165, 1.54) is 11.1 Å². The Bertz CT molecular complexity index is 689. The van der Waals surface area contributed by atoms with Crippen LogP contribution in [0.4, 0.5) is 0 Å². The van der Waals surface area contributed by atoms with Gasteiger partial charge in [-0.25, -0.2) is 0 Å². The molecule has 0 spiro atoms. The maximum Gasteiger partial charge on any atom is 0.0708 e. The average Bonchev–Trinajstić information content (AvgIpc) is 2.90. The van der Waals surface area contributed by atoms with E-state index in [0.717, 1.165) is 23.0 Å². The number of thiophene rings is 1. The second kappa shape index (κ2) is 5.11. The number of fused-ring (bicyclic) bond motifs is 1. The van der Waals surface area contributed by atoms with Crippen LogP contribution >= 0.6 is 11.3 Å². The summed E-state index contributed by atoms with van der Waals surface area (Å²) in [4.78, 5) is 4.56. The molecule has 2 nitrogen and oxygen atoms in total. The molecule has 0 saturated carbocycles. The lowest BCUT2D eigenvalue weighted by atomic mass is 9.97. The van der Waals surface area contributed by atoms with Crippen molar-refractivity contribution in [3.05, 3.63) is 64.0 Å². The molecule has 19 heavy (non-hydrogen) atoms. The minimum atomic E-state index is 0.0150. The summed E-state index contributed by atoms with van der Waals surface area (Å²) in [6.45, 7) is 2.02. The number of hydrogen-bond acceptors (Lipinski definition) is 3. The fourth-order valence-corrected chi connectivity index (χ4v) is 3.10. The number of nitrogens with two attached hydrogens (primary N) is 1. The summed E-state index contributed by atoms with van der Waals surface area (Å²) in [5.74, 6) is 0. The molecule has 0 amide bonds. The maximum absolute atomic E-state index is 6.40. The highest BCUT2D eigenvalue weighted by Gasteiger charge is 2.12. The zero-order valence-corrected chi connectivity index (χ0v) is 11.7. The normalized spacial score (nSPS) is 12.7. The van der Waals surface area contributed by atoms with Crippen LogP contribution in [0.15, 0.2) is 47.2 Å². The lowest BCUT2D eigenvalue weighted by molar-refractivity contribution is 0.728. The predicted octanol–water partition coefficient (Wildman–Crippen LogP) is 3.85. The van der Waals surface area contributed by atoms with Gasteiger partial charge in [0.05, 0.1) is 5.52 Å². The van der Waals surface area contributed by atoms with Gasteiger partial charge in [0, 0.05) is 17.1 Å². The third kappa shape index (κ3) is 2.53. The van der Waals surface area contributed by atoms with Gasteiger partial charge in [-0.15, -0.1) is 0 Å². The van der Waals surface area contributed by atoms with E-state index < -0.39 is 0 Å². The van der Waals surface area contributed by atoms with Gasteiger partial charge >= 0.3 is 0 Å². The molecule has 0 bridgehead atoms. The number of pyridine rings is 1. The molecule has 1 aromatic carbocycles. The Morgan fingerprint density at radius 3 is 2.89 bits per heavy atom. The van der Waals surface area contributed by atoms with Crippen molar-refractivity contribution in [3.63, 3.8) is 0 Å². The van der Waals surface area contributed by atoms with Gasteiger partial charge in [0.25, 0.3) is 0 Å². The molecular formula is C16H16N2S. The summed E-state index contributed by atoms with van der Waals surface area (Å²) in [6, 6.07) is 12.5. The van der Waals surface area contributed by atoms with Crippen LogP contribution in [0.2, 0.25) is 0 Å². The van der Waals surface area contributed by atoms with E-state index in [2.05, 4.69) is 33.9 Å². The van der Waals surface area contributed by atoms with Gasteiger partial charge in [-0.2, -0.15) is 11.3 Å². The lowest BCUT2D eigenvalue weighted by Gasteiger charge is -2.15. The molecule has 3 heteroatoms. The number of benzene rings is 1. The highest BCUT2D eigenvalue weighted by molar-refractivity contribution is 7.07. The van der Waals surface area contributed by atoms with Gasteiger partial charge < -0.3 is 5.73 Å². The standard InChI is InChI=1S/C16H16N2S/c1-11-8-14(13-4-2-3-5-16(13)18-11)15(17)9-12-6-7-19-10-12/h2-8,10,15H,9,17H2,1H3. The van der Waals surface area contributed by atoms with Crippen molar-refractivity contribution >= 4 is 22.2 Å². The minimum Gasteiger partial charge on any atom is -0.324 e. The first kappa shape index (κ1) is 12.3. The summed E-state index contributed by atoms with van der Waals surface area (Å²) < 4.78 is 0. The van der Waals surface area contributed by atoms with Gasteiger partial charge in [-0.1, -0.05) is 18.2 Å². The first-order valence-electron chi connectivity index (χ1n) is 6.37. The molecular weight excluding hydrogens is 252 g/mol. The largest absolute Gasteiger partial charge is 0.324 e. The fraction of sp³-hybridized carbons (Fsp3) is 0.188. The van der Waals surface area contributed by atoms with Gasteiger partial charge in [0.2, 0.25) is 0 Å². The third-order valence-electron chi connectivity index (χ3n) is 3.31. The van der Waals surface area contributed by atoms with Crippen molar-refractivity contribution in [1.29, 1.82) is 0 Å². The summed E-state index contributed by atoms with van der Waals surface area (Å²) in [7, 11) is 0. The monoisotopic (exact) mass is 268 g/mol. The minimum absolute atomic E-state index is 0.0150. The third-order valence-corrected chi connectivity index (χ3v) is 4.04. The Morgan fingerprint density at radius 2 is 2.11 bits per heavy atom. The van der Waals surface area contributed by atoms with Crippen molar-refractivity contribution in [2.75, 3.05) is 0 Å². The number of rotatable bonds is 3. The Balaban J connectivity index is 2.03. The number of para-hydroxylation sites is 1. The molecule has 1 unspecified atom stereocenters. The molecule has 0 aliphatic heterocycles. The molecule has 0 saturated heterocycles. The average molecular weight is 268 g/mol. The van der Waals surface area contributed by atoms with Crippen LogP contribution in [-0.2, 0) is 6.42 Å². The first-order valence-corrected chi connectivity index (χ1v) is 7.31. The van der Waals surface area contributed by atoms with Gasteiger partial charge in [0.15, 0.2) is 0 Å². The van der Waals surface area contributed by atoms with E-state index >= 15 is 0 Å². The highest BCUT2D eigenvalue weighted by Crippen LogP contribution is 2.25. The van der Waals surface area contributed by atoms with Gasteiger partial charge in [0.1, 0.15) is 0 Å². The van der Waals surface area contributed by atoms with E-state index in [0.29, 0.717) is 0 Å². The van der Waals surface area contributed by atoms with Gasteiger partial charge in [-0.05, 0) is 53.4 Å². The molecule has 3 aromatic rings. The lowest BCUT2D eigenvalue weighted by Crippen LogP contribution is -2.14. The van der Waals surface area contributed by atoms with E-state index in [1.807, 2.05) is 25.1 Å². The van der Waals surface area contributed by atoms with E-state index in [9.17, 15) is 0 Å². The number of nitrogens with zero attached hydrogens (tertiary/aromatic N) is 1. The van der Waals surface area contributed by atoms with Crippen molar-refractivity contribution < 1.29 is 0 Å². The summed E-state index contributed by atoms with van der Waals surface area (Å²) >= 11 is 1.72. The van der Waals surface area contributed by atoms with Crippen LogP contribution in [0.25, 0.3) is 10.9 Å². The van der Waals surface area contributed by atoms with E-state index in [1.54, 1.807) is 11.3 Å². The highest BCUT2D eigenvalue weighted by atomic mass is 32.1. The van der Waals surface area contributed by atoms with Crippen LogP contribution in [-0.4, -0.2) is 4.98 Å². The molecule has 0 aliphatic carbocycles. The fourth-order valence-electron chi connectivity index (χ4n) is 2.42. The summed E-state index contributed by atoms with van der Waals surface area (Å²) in [5, 5.41) is 5.42. The topological polar surface area (TPSA) is 38.9 Å². The number of hydrogen-bond donors (Lipinski definition) is 1. The second-order valence-electron chi connectivity index (χ2n) is 4.81. The zero-order chi connectivity index (χ0) is 13.2. The molecule has 96 valence electrons. The van der Waals surface area contributed by atoms with Crippen molar-refractivity contribution in [1.82, 2.24) is 4.98 Å². The van der Waals surface area contributed by atoms with E-state index in [-0.39, 0.29) is 6.04 Å². The molecule has 2 N–H and O–H groups in total. The summed E-state index contributed by atoms with van der Waals surface area (Å²) in [5.41, 5.74) is 10.9. The Morgan fingerprint density at radius 1 is 1.26 bits per heavy atom. The zero-order valence-electron chi connectivity index (χ0n) is 10.8. The van der Waals surface area contributed by atoms with Crippen molar-refractivity contribution in [2.24, 2.45) is 5.73 Å². The molecule has 3 rings (SSSR count). The Labute approximate surface area is 116 Å². The van der Waals surface area contributed by atoms with Crippen molar-refractivity contribution in [3.8, 4) is 0 Å². The van der Waals surface area contributed by atoms with Crippen LogP contribution in [0, 0.1) is 6.92 Å². The summed E-state index contributed by atoms with van der Waals surface area (Å²) in [6.07, 6.45) is 0.872. The predicted molar refractivity (Wildman–Crippen MR) is 81.4 cm³/mol. The molecule has 2 aromatic heterocycles. The second-order valence-corrected chi connectivity index (χ2v) is 5.59. The molecule has 0 radical (unpaired) electrons. The maximum atomic E-state index is 6.40. The first-order chi connectivity index (χ1) is 9.24. The van der Waals surface area contributed by atoms with Crippen LogP contribution < -0.4 is 5.73 Å². The SMILES string of the molecule is Cc1cc(C(N)Cc2ccsc2)c2ccccc2n1. The van der Waals surface area contributed by atoms with Gasteiger partial charge in [-0.3, -0.25) is 4.98 Å². The quantitative estimate of drug-likeness (QED) is 0.783. The Hall–Kier alpha value is -1.71. The molecule has 2 heterocycles. The van der Waals surface area contributed by atoms with Crippen molar-refractivity contribution in [2.45, 2.75) is 19.4 Å². The smallest absolute Gasteiger partial charge is 0.0708 e.